The van der Waals surface area contributed by atoms with Crippen molar-refractivity contribution in [3.63, 3.8) is 0 Å². The molecule has 7 heteroatoms. The smallest absolute Gasteiger partial charge is 0.266 e. The van der Waals surface area contributed by atoms with Gasteiger partial charge >= 0.3 is 0 Å². The number of amides is 1. The topological polar surface area (TPSA) is 71.3 Å². The van der Waals surface area contributed by atoms with Crippen molar-refractivity contribution in [1.29, 1.82) is 5.26 Å². The van der Waals surface area contributed by atoms with Gasteiger partial charge in [-0.3, -0.25) is 4.79 Å². The minimum atomic E-state index is -0.539. The molecule has 5 nitrogen and oxygen atoms in total. The molecule has 3 aromatic rings. The summed E-state index contributed by atoms with van der Waals surface area (Å²) in [6.45, 7) is 0.275. The van der Waals surface area contributed by atoms with Gasteiger partial charge in [-0.2, -0.15) is 5.26 Å². The Kier molecular flexibility index (Phi) is 7.55. The average molecular weight is 453 g/mol. The van der Waals surface area contributed by atoms with Gasteiger partial charge < -0.3 is 14.8 Å². The summed E-state index contributed by atoms with van der Waals surface area (Å²) in [6, 6.07) is 21.1. The molecule has 0 saturated carbocycles. The van der Waals surface area contributed by atoms with Gasteiger partial charge in [0.1, 0.15) is 18.2 Å². The van der Waals surface area contributed by atoms with Gasteiger partial charge in [0.15, 0.2) is 11.5 Å². The number of carbonyl (C=O) groups excluding carboxylic acids is 1. The van der Waals surface area contributed by atoms with Crippen molar-refractivity contribution in [3.05, 3.63) is 93.5 Å². The van der Waals surface area contributed by atoms with Crippen LogP contribution in [0.3, 0.4) is 0 Å². The summed E-state index contributed by atoms with van der Waals surface area (Å²) in [4.78, 5) is 12.5. The fourth-order valence-electron chi connectivity index (χ4n) is 2.74. The van der Waals surface area contributed by atoms with E-state index in [0.29, 0.717) is 32.8 Å². The standard InChI is InChI=1S/C24H18Cl2N2O3/c1-30-23-12-16(9-10-22(23)31-15-17-5-2-3-8-21(17)26)11-18(14-27)24(29)28-20-7-4-6-19(25)13-20/h2-13H,15H2,1H3,(H,28,29)/b18-11-. The molecule has 0 aliphatic heterocycles. The third-order valence-electron chi connectivity index (χ3n) is 4.29. The number of benzene rings is 3. The van der Waals surface area contributed by atoms with E-state index in [4.69, 9.17) is 32.7 Å². The first-order valence-corrected chi connectivity index (χ1v) is 9.98. The second-order valence-corrected chi connectivity index (χ2v) is 7.27. The fraction of sp³-hybridized carbons (Fsp3) is 0.0833. The van der Waals surface area contributed by atoms with E-state index in [9.17, 15) is 10.1 Å². The molecule has 0 spiro atoms. The van der Waals surface area contributed by atoms with E-state index < -0.39 is 5.91 Å². The molecule has 1 amide bonds. The number of hydrogen-bond donors (Lipinski definition) is 1. The summed E-state index contributed by atoms with van der Waals surface area (Å²) >= 11 is 12.1. The quantitative estimate of drug-likeness (QED) is 0.345. The molecule has 3 rings (SSSR count). The number of nitrogens with one attached hydrogen (secondary N) is 1. The molecule has 0 aliphatic rings. The van der Waals surface area contributed by atoms with Gasteiger partial charge in [-0.05, 0) is 48.0 Å². The summed E-state index contributed by atoms with van der Waals surface area (Å²) < 4.78 is 11.2. The Labute approximate surface area is 190 Å². The van der Waals surface area contributed by atoms with Crippen LogP contribution in [0, 0.1) is 11.3 Å². The predicted molar refractivity (Wildman–Crippen MR) is 122 cm³/mol. The second-order valence-electron chi connectivity index (χ2n) is 6.42. The van der Waals surface area contributed by atoms with Crippen LogP contribution in [0.1, 0.15) is 11.1 Å². The number of halogens is 2. The highest BCUT2D eigenvalue weighted by Gasteiger charge is 2.12. The van der Waals surface area contributed by atoms with Crippen molar-refractivity contribution < 1.29 is 14.3 Å². The number of ether oxygens (including phenoxy) is 2. The number of methoxy groups -OCH3 is 1. The van der Waals surface area contributed by atoms with Gasteiger partial charge in [0, 0.05) is 21.3 Å². The molecular formula is C24H18Cl2N2O3. The minimum Gasteiger partial charge on any atom is -0.493 e. The van der Waals surface area contributed by atoms with Crippen molar-refractivity contribution in [3.8, 4) is 17.6 Å². The lowest BCUT2D eigenvalue weighted by atomic mass is 10.1. The normalized spacial score (nSPS) is 10.8. The van der Waals surface area contributed by atoms with Crippen molar-refractivity contribution in [2.24, 2.45) is 0 Å². The first kappa shape index (κ1) is 22.2. The molecule has 0 aliphatic carbocycles. The minimum absolute atomic E-state index is 0.0632. The molecule has 1 N–H and O–H groups in total. The summed E-state index contributed by atoms with van der Waals surface area (Å²) in [6.07, 6.45) is 1.47. The molecule has 31 heavy (non-hydrogen) atoms. The number of rotatable bonds is 7. The van der Waals surface area contributed by atoms with E-state index in [1.165, 1.54) is 13.2 Å². The van der Waals surface area contributed by atoms with Crippen LogP contribution < -0.4 is 14.8 Å². The van der Waals surface area contributed by atoms with Gasteiger partial charge in [-0.25, -0.2) is 0 Å². The van der Waals surface area contributed by atoms with E-state index in [-0.39, 0.29) is 12.2 Å². The summed E-state index contributed by atoms with van der Waals surface area (Å²) in [5.74, 6) is 0.442. The molecule has 0 saturated heterocycles. The highest BCUT2D eigenvalue weighted by molar-refractivity contribution is 6.31. The van der Waals surface area contributed by atoms with E-state index in [1.54, 1.807) is 48.5 Å². The number of carbonyl (C=O) groups is 1. The maximum atomic E-state index is 12.5. The SMILES string of the molecule is COc1cc(/C=C(/C#N)C(=O)Nc2cccc(Cl)c2)ccc1OCc1ccccc1Cl. The van der Waals surface area contributed by atoms with Gasteiger partial charge in [-0.1, -0.05) is 53.5 Å². The Morgan fingerprint density at radius 3 is 2.58 bits per heavy atom. The Morgan fingerprint density at radius 2 is 1.87 bits per heavy atom. The molecule has 0 unspecified atom stereocenters. The van der Waals surface area contributed by atoms with Gasteiger partial charge in [0.05, 0.1) is 7.11 Å². The predicted octanol–water partition coefficient (Wildman–Crippen LogP) is 6.13. The third-order valence-corrected chi connectivity index (χ3v) is 4.89. The lowest BCUT2D eigenvalue weighted by Gasteiger charge is -2.12. The summed E-state index contributed by atoms with van der Waals surface area (Å²) in [5.41, 5.74) is 1.89. The Morgan fingerprint density at radius 1 is 1.06 bits per heavy atom. The van der Waals surface area contributed by atoms with Crippen LogP contribution in [-0.2, 0) is 11.4 Å². The molecule has 156 valence electrons. The van der Waals surface area contributed by atoms with Crippen LogP contribution >= 0.6 is 23.2 Å². The highest BCUT2D eigenvalue weighted by Crippen LogP contribution is 2.30. The number of hydrogen-bond acceptors (Lipinski definition) is 4. The second kappa shape index (κ2) is 10.5. The monoisotopic (exact) mass is 452 g/mol. The van der Waals surface area contributed by atoms with Crippen LogP contribution in [0.2, 0.25) is 10.0 Å². The highest BCUT2D eigenvalue weighted by atomic mass is 35.5. The van der Waals surface area contributed by atoms with Crippen LogP contribution in [0.5, 0.6) is 11.5 Å². The first-order valence-electron chi connectivity index (χ1n) is 9.23. The van der Waals surface area contributed by atoms with Crippen LogP contribution in [0.15, 0.2) is 72.3 Å². The molecule has 0 radical (unpaired) electrons. The van der Waals surface area contributed by atoms with Crippen LogP contribution in [0.25, 0.3) is 6.08 Å². The lowest BCUT2D eigenvalue weighted by molar-refractivity contribution is -0.112. The Bertz CT molecular complexity index is 1170. The molecule has 0 fully saturated rings. The van der Waals surface area contributed by atoms with Crippen LogP contribution in [-0.4, -0.2) is 13.0 Å². The summed E-state index contributed by atoms with van der Waals surface area (Å²) in [7, 11) is 1.52. The molecular weight excluding hydrogens is 435 g/mol. The number of anilines is 1. The zero-order chi connectivity index (χ0) is 22.2. The van der Waals surface area contributed by atoms with E-state index in [0.717, 1.165) is 5.56 Å². The zero-order valence-electron chi connectivity index (χ0n) is 16.6. The third kappa shape index (κ3) is 6.02. The maximum absolute atomic E-state index is 12.5. The maximum Gasteiger partial charge on any atom is 0.266 e. The summed E-state index contributed by atoms with van der Waals surface area (Å²) in [5, 5.41) is 13.2. The average Bonchev–Trinajstić information content (AvgIpc) is 2.77. The fourth-order valence-corrected chi connectivity index (χ4v) is 3.12. The molecule has 0 bridgehead atoms. The molecule has 0 aromatic heterocycles. The van der Waals surface area contributed by atoms with Crippen molar-refractivity contribution >= 4 is 40.9 Å². The Balaban J connectivity index is 1.76. The molecule has 3 aromatic carbocycles. The van der Waals surface area contributed by atoms with Gasteiger partial charge in [0.25, 0.3) is 5.91 Å². The van der Waals surface area contributed by atoms with Crippen molar-refractivity contribution in [1.82, 2.24) is 0 Å². The largest absolute Gasteiger partial charge is 0.493 e. The lowest BCUT2D eigenvalue weighted by Crippen LogP contribution is -2.13. The van der Waals surface area contributed by atoms with Gasteiger partial charge in [0.2, 0.25) is 0 Å². The van der Waals surface area contributed by atoms with Gasteiger partial charge in [-0.15, -0.1) is 0 Å². The van der Waals surface area contributed by atoms with Crippen molar-refractivity contribution in [2.45, 2.75) is 6.61 Å². The van der Waals surface area contributed by atoms with Crippen molar-refractivity contribution in [2.75, 3.05) is 12.4 Å². The molecule has 0 atom stereocenters. The van der Waals surface area contributed by atoms with E-state index in [2.05, 4.69) is 5.32 Å². The van der Waals surface area contributed by atoms with E-state index >= 15 is 0 Å². The first-order chi connectivity index (χ1) is 15.0. The number of nitrogens with zero attached hydrogens (tertiary/aromatic N) is 1. The number of nitriles is 1. The zero-order valence-corrected chi connectivity index (χ0v) is 18.1. The van der Waals surface area contributed by atoms with Crippen LogP contribution in [0.4, 0.5) is 5.69 Å². The van der Waals surface area contributed by atoms with E-state index in [1.807, 2.05) is 24.3 Å². The molecule has 0 heterocycles. The Hall–Kier alpha value is -3.46.